The minimum atomic E-state index is 0.247. The van der Waals surface area contributed by atoms with Crippen molar-refractivity contribution in [2.45, 2.75) is 39.2 Å². The number of rotatable bonds is 6. The number of likely N-dealkylation sites (tertiary alicyclic amines) is 1. The van der Waals surface area contributed by atoms with Crippen LogP contribution < -0.4 is 0 Å². The van der Waals surface area contributed by atoms with Crippen LogP contribution in [0.25, 0.3) is 0 Å². The summed E-state index contributed by atoms with van der Waals surface area (Å²) >= 11 is 0. The molecule has 0 N–H and O–H groups in total. The first-order valence-electron chi connectivity index (χ1n) is 9.20. The van der Waals surface area contributed by atoms with Crippen LogP contribution >= 0.6 is 0 Å². The predicted octanol–water partition coefficient (Wildman–Crippen LogP) is 4.28. The Morgan fingerprint density at radius 2 is 1.84 bits per heavy atom. The van der Waals surface area contributed by atoms with E-state index in [-0.39, 0.29) is 5.92 Å². The highest BCUT2D eigenvalue weighted by atomic mass is 15.3. The fourth-order valence-electron chi connectivity index (χ4n) is 3.15. The van der Waals surface area contributed by atoms with Gasteiger partial charge in [0.05, 0.1) is 12.7 Å². The summed E-state index contributed by atoms with van der Waals surface area (Å²) in [5.41, 5.74) is 3.52. The molecule has 4 nitrogen and oxygen atoms in total. The van der Waals surface area contributed by atoms with Gasteiger partial charge in [-0.15, -0.1) is 0 Å². The number of hydrogen-bond donors (Lipinski definition) is 0. The monoisotopic (exact) mass is 339 g/mol. The number of benzene rings is 1. The maximum atomic E-state index is 4.49. The van der Waals surface area contributed by atoms with E-state index in [1.165, 1.54) is 24.1 Å². The van der Waals surface area contributed by atoms with Crippen molar-refractivity contribution in [2.75, 3.05) is 20.1 Å². The quantitative estimate of drug-likeness (QED) is 0.579. The Bertz CT molecular complexity index is 681. The zero-order valence-corrected chi connectivity index (χ0v) is 15.9. The van der Waals surface area contributed by atoms with E-state index in [1.54, 1.807) is 0 Å². The van der Waals surface area contributed by atoms with E-state index < -0.39 is 0 Å². The van der Waals surface area contributed by atoms with Crippen LogP contribution in [0.4, 0.5) is 5.69 Å². The van der Waals surface area contributed by atoms with Gasteiger partial charge < -0.3 is 4.90 Å². The molecule has 0 spiro atoms. The molecule has 1 fully saturated rings. The lowest BCUT2D eigenvalue weighted by atomic mass is 9.95. The molecule has 1 aromatic carbocycles. The summed E-state index contributed by atoms with van der Waals surface area (Å²) < 4.78 is 3.83. The molecule has 3 rings (SSSR count). The molecule has 25 heavy (non-hydrogen) atoms. The summed E-state index contributed by atoms with van der Waals surface area (Å²) in [6.45, 7) is 15.4. The summed E-state index contributed by atoms with van der Waals surface area (Å²) in [7, 11) is 1.93. The number of allylic oxidation sites excluding steroid dienone is 1. The van der Waals surface area contributed by atoms with Gasteiger partial charge in [0.1, 0.15) is 20.0 Å². The first kappa shape index (κ1) is 19.0. The number of hydrogen-bond acceptors (Lipinski definition) is 2. The van der Waals surface area contributed by atoms with Gasteiger partial charge in [0, 0.05) is 24.7 Å². The van der Waals surface area contributed by atoms with E-state index in [1.807, 2.05) is 42.5 Å². The highest BCUT2D eigenvalue weighted by Gasteiger charge is 2.23. The van der Waals surface area contributed by atoms with Crippen molar-refractivity contribution in [3.63, 3.8) is 0 Å². The molecule has 1 atom stereocenters. The van der Waals surface area contributed by atoms with Crippen LogP contribution in [0.2, 0.25) is 0 Å². The molecule has 1 aliphatic rings. The molecule has 2 heterocycles. The summed E-state index contributed by atoms with van der Waals surface area (Å²) in [6, 6.07) is 10.6. The van der Waals surface area contributed by atoms with Crippen molar-refractivity contribution in [1.29, 1.82) is 0 Å². The topological polar surface area (TPSA) is 24.1 Å². The zero-order valence-electron chi connectivity index (χ0n) is 15.9. The lowest BCUT2D eigenvalue weighted by Crippen LogP contribution is -2.25. The second-order valence-electron chi connectivity index (χ2n) is 6.27. The smallest absolute Gasteiger partial charge is 0.242 e. The molecule has 1 aliphatic heterocycles. The van der Waals surface area contributed by atoms with Gasteiger partial charge in [-0.1, -0.05) is 50.8 Å². The Morgan fingerprint density at radius 1 is 1.20 bits per heavy atom. The summed E-state index contributed by atoms with van der Waals surface area (Å²) in [5, 5.41) is 4.49. The van der Waals surface area contributed by atoms with E-state index in [2.05, 4.69) is 53.6 Å². The maximum Gasteiger partial charge on any atom is 0.242 e. The first-order valence-corrected chi connectivity index (χ1v) is 9.20. The fraction of sp³-hybridized carbons (Fsp3) is 0.429. The fourth-order valence-corrected chi connectivity index (χ4v) is 3.15. The average Bonchev–Trinajstić information content (AvgIpc) is 3.33. The van der Waals surface area contributed by atoms with Crippen molar-refractivity contribution in [3.05, 3.63) is 60.6 Å². The van der Waals surface area contributed by atoms with Gasteiger partial charge in [-0.25, -0.2) is 4.58 Å². The van der Waals surface area contributed by atoms with Crippen LogP contribution in [0.15, 0.2) is 55.0 Å². The van der Waals surface area contributed by atoms with Gasteiger partial charge in [0.2, 0.25) is 5.69 Å². The molecule has 0 saturated carbocycles. The van der Waals surface area contributed by atoms with Crippen LogP contribution in [-0.4, -0.2) is 46.1 Å². The van der Waals surface area contributed by atoms with E-state index >= 15 is 0 Å². The number of aromatic nitrogens is 2. The Labute approximate surface area is 152 Å². The summed E-state index contributed by atoms with van der Waals surface area (Å²) in [5.74, 6) is 0.247. The lowest BCUT2D eigenvalue weighted by molar-refractivity contribution is -0.394. The standard InChI is InChI=1S/C19H25N4.C2H6/c1-16(22-11-7-8-12-22)19(17-9-5-4-6-10-17)15-23-14-18(13-20-23)21(2)3;1-2/h4-6,9-10,13-14,19H,1-2,7-8,11-12,15H2,3H3;1-2H3/q+1;. The van der Waals surface area contributed by atoms with Gasteiger partial charge in [-0.3, -0.25) is 4.68 Å². The van der Waals surface area contributed by atoms with Gasteiger partial charge in [-0.05, 0) is 18.4 Å². The van der Waals surface area contributed by atoms with Crippen molar-refractivity contribution in [1.82, 2.24) is 14.7 Å². The first-order chi connectivity index (χ1) is 12.1. The number of nitrogens with zero attached hydrogens (tertiary/aromatic N) is 4. The minimum Gasteiger partial charge on any atom is -0.375 e. The second kappa shape index (κ2) is 9.21. The van der Waals surface area contributed by atoms with Gasteiger partial charge in [-0.2, -0.15) is 5.10 Å². The molecule has 0 radical (unpaired) electrons. The molecule has 1 unspecified atom stereocenters. The zero-order chi connectivity index (χ0) is 18.2. The Balaban J connectivity index is 0.00000109. The SMILES string of the molecule is C=C(C(Cn1cc([N+](=C)C)cn1)c1ccccc1)N1CCCC1.CC. The van der Waals surface area contributed by atoms with Gasteiger partial charge in [0.15, 0.2) is 0 Å². The maximum absolute atomic E-state index is 4.49. The molecule has 0 aliphatic carbocycles. The van der Waals surface area contributed by atoms with Gasteiger partial charge in [0.25, 0.3) is 0 Å². The summed E-state index contributed by atoms with van der Waals surface area (Å²) in [4.78, 5) is 2.43. The molecule has 134 valence electrons. The van der Waals surface area contributed by atoms with E-state index in [0.717, 1.165) is 25.3 Å². The Morgan fingerprint density at radius 3 is 2.40 bits per heavy atom. The van der Waals surface area contributed by atoms with Crippen molar-refractivity contribution >= 4 is 12.4 Å². The Kier molecular flexibility index (Phi) is 6.99. The van der Waals surface area contributed by atoms with Crippen LogP contribution in [0, 0.1) is 0 Å². The van der Waals surface area contributed by atoms with Crippen molar-refractivity contribution in [3.8, 4) is 0 Å². The second-order valence-corrected chi connectivity index (χ2v) is 6.27. The summed E-state index contributed by atoms with van der Waals surface area (Å²) in [6.07, 6.45) is 6.42. The third-order valence-electron chi connectivity index (χ3n) is 4.55. The third-order valence-corrected chi connectivity index (χ3v) is 4.55. The van der Waals surface area contributed by atoms with E-state index in [0.29, 0.717) is 0 Å². The molecule has 1 aromatic heterocycles. The van der Waals surface area contributed by atoms with Crippen LogP contribution in [-0.2, 0) is 6.54 Å². The van der Waals surface area contributed by atoms with Crippen molar-refractivity contribution in [2.24, 2.45) is 0 Å². The predicted molar refractivity (Wildman–Crippen MR) is 106 cm³/mol. The minimum absolute atomic E-state index is 0.247. The molecular formula is C21H31N4+. The Hall–Kier alpha value is -2.36. The van der Waals surface area contributed by atoms with E-state index in [9.17, 15) is 0 Å². The molecule has 0 bridgehead atoms. The van der Waals surface area contributed by atoms with Crippen LogP contribution in [0.5, 0.6) is 0 Å². The highest BCUT2D eigenvalue weighted by molar-refractivity contribution is 5.30. The molecule has 0 amide bonds. The molecule has 1 saturated heterocycles. The van der Waals surface area contributed by atoms with Crippen molar-refractivity contribution < 1.29 is 4.58 Å². The largest absolute Gasteiger partial charge is 0.375 e. The van der Waals surface area contributed by atoms with Crippen LogP contribution in [0.3, 0.4) is 0 Å². The molecular weight excluding hydrogens is 308 g/mol. The van der Waals surface area contributed by atoms with Crippen LogP contribution in [0.1, 0.15) is 38.2 Å². The van der Waals surface area contributed by atoms with Gasteiger partial charge >= 0.3 is 0 Å². The average molecular weight is 340 g/mol. The normalized spacial score (nSPS) is 14.6. The van der Waals surface area contributed by atoms with E-state index in [4.69, 9.17) is 0 Å². The molecule has 4 heteroatoms. The lowest BCUT2D eigenvalue weighted by Gasteiger charge is -2.28. The highest BCUT2D eigenvalue weighted by Crippen LogP contribution is 2.30. The molecule has 2 aromatic rings. The third kappa shape index (κ3) is 4.81.